The Balaban J connectivity index is 2.23. The molecule has 1 aliphatic rings. The highest BCUT2D eigenvalue weighted by atomic mass is 28.3. The maximum Gasteiger partial charge on any atom is 0.0655 e. The molecule has 0 saturated carbocycles. The maximum atomic E-state index is 2.44. The number of allylic oxidation sites excluding steroid dienone is 1. The summed E-state index contributed by atoms with van der Waals surface area (Å²) in [6.45, 7) is 7.20. The van der Waals surface area contributed by atoms with Gasteiger partial charge >= 0.3 is 0 Å². The summed E-state index contributed by atoms with van der Waals surface area (Å²) in [5.74, 6) is 0. The van der Waals surface area contributed by atoms with E-state index in [1.807, 2.05) is 0 Å². The SMILES string of the molecule is CC1=C([SiH](C)C)c2c(cccc2-c2ccccc2)C1. The third-order valence-electron chi connectivity index (χ3n) is 4.00. The van der Waals surface area contributed by atoms with E-state index >= 15 is 0 Å². The van der Waals surface area contributed by atoms with Crippen LogP contribution in [0.3, 0.4) is 0 Å². The molecule has 0 saturated heterocycles. The molecule has 0 atom stereocenters. The van der Waals surface area contributed by atoms with E-state index in [4.69, 9.17) is 0 Å². The molecule has 0 fully saturated rings. The second kappa shape index (κ2) is 4.82. The van der Waals surface area contributed by atoms with Gasteiger partial charge in [0, 0.05) is 0 Å². The van der Waals surface area contributed by atoms with Gasteiger partial charge in [-0.15, -0.1) is 0 Å². The highest BCUT2D eigenvalue weighted by Crippen LogP contribution is 2.40. The second-order valence-electron chi connectivity index (χ2n) is 5.73. The highest BCUT2D eigenvalue weighted by Gasteiger charge is 2.24. The van der Waals surface area contributed by atoms with Crippen LogP contribution in [0, 0.1) is 0 Å². The molecule has 0 N–H and O–H groups in total. The summed E-state index contributed by atoms with van der Waals surface area (Å²) in [7, 11) is -0.790. The van der Waals surface area contributed by atoms with Crippen LogP contribution in [0.15, 0.2) is 54.1 Å². The molecule has 2 aromatic carbocycles. The predicted octanol–water partition coefficient (Wildman–Crippen LogP) is 4.71. The summed E-state index contributed by atoms with van der Waals surface area (Å²) in [6, 6.07) is 17.6. The Morgan fingerprint density at radius 2 is 1.63 bits per heavy atom. The Kier molecular flexibility index (Phi) is 3.15. The van der Waals surface area contributed by atoms with E-state index in [0.717, 1.165) is 6.42 Å². The van der Waals surface area contributed by atoms with Gasteiger partial charge in [0.25, 0.3) is 0 Å². The number of rotatable bonds is 2. The zero-order valence-corrected chi connectivity index (χ0v) is 13.1. The van der Waals surface area contributed by atoms with E-state index < -0.39 is 8.80 Å². The van der Waals surface area contributed by atoms with Crippen molar-refractivity contribution < 1.29 is 0 Å². The minimum atomic E-state index is -0.790. The van der Waals surface area contributed by atoms with Crippen LogP contribution in [0.5, 0.6) is 0 Å². The van der Waals surface area contributed by atoms with E-state index in [0.29, 0.717) is 0 Å². The Morgan fingerprint density at radius 3 is 2.32 bits per heavy atom. The van der Waals surface area contributed by atoms with E-state index in [2.05, 4.69) is 68.5 Å². The normalized spacial score (nSPS) is 14.1. The summed E-state index contributed by atoms with van der Waals surface area (Å²) in [6.07, 6.45) is 1.15. The quantitative estimate of drug-likeness (QED) is 0.689. The van der Waals surface area contributed by atoms with Crippen molar-refractivity contribution in [3.8, 4) is 11.1 Å². The van der Waals surface area contributed by atoms with E-state index in [1.165, 1.54) is 16.7 Å². The van der Waals surface area contributed by atoms with Crippen LogP contribution in [0.25, 0.3) is 16.3 Å². The van der Waals surface area contributed by atoms with Gasteiger partial charge in [-0.2, -0.15) is 0 Å². The first kappa shape index (κ1) is 12.4. The van der Waals surface area contributed by atoms with Crippen molar-refractivity contribution in [3.05, 3.63) is 65.2 Å². The van der Waals surface area contributed by atoms with Gasteiger partial charge < -0.3 is 0 Å². The lowest BCUT2D eigenvalue weighted by atomic mass is 9.97. The molecule has 0 bridgehead atoms. The number of fused-ring (bicyclic) bond motifs is 1. The second-order valence-corrected chi connectivity index (χ2v) is 8.62. The average molecular weight is 264 g/mol. The first-order valence-corrected chi connectivity index (χ1v) is 9.94. The van der Waals surface area contributed by atoms with Gasteiger partial charge in [-0.25, -0.2) is 0 Å². The number of hydrogen-bond acceptors (Lipinski definition) is 0. The Labute approximate surface area is 117 Å². The van der Waals surface area contributed by atoms with E-state index in [1.54, 1.807) is 16.3 Å². The maximum absolute atomic E-state index is 2.44. The molecule has 0 spiro atoms. The molecule has 1 heteroatoms. The van der Waals surface area contributed by atoms with Crippen molar-refractivity contribution in [2.45, 2.75) is 26.4 Å². The van der Waals surface area contributed by atoms with Crippen molar-refractivity contribution in [2.75, 3.05) is 0 Å². The van der Waals surface area contributed by atoms with E-state index in [-0.39, 0.29) is 0 Å². The zero-order chi connectivity index (χ0) is 13.4. The van der Waals surface area contributed by atoms with Crippen molar-refractivity contribution in [2.24, 2.45) is 0 Å². The van der Waals surface area contributed by atoms with Gasteiger partial charge in [0.15, 0.2) is 0 Å². The van der Waals surface area contributed by atoms with Gasteiger partial charge in [0.1, 0.15) is 0 Å². The third-order valence-corrected chi connectivity index (χ3v) is 5.93. The first-order chi connectivity index (χ1) is 9.18. The van der Waals surface area contributed by atoms with Crippen molar-refractivity contribution in [1.29, 1.82) is 0 Å². The van der Waals surface area contributed by atoms with Crippen LogP contribution >= 0.6 is 0 Å². The fourth-order valence-electron chi connectivity index (χ4n) is 3.30. The van der Waals surface area contributed by atoms with E-state index in [9.17, 15) is 0 Å². The van der Waals surface area contributed by atoms with Crippen LogP contribution in [0.2, 0.25) is 13.1 Å². The van der Waals surface area contributed by atoms with Gasteiger partial charge in [0.05, 0.1) is 8.80 Å². The van der Waals surface area contributed by atoms with Crippen LogP contribution in [0.4, 0.5) is 0 Å². The average Bonchev–Trinajstić information content (AvgIpc) is 2.75. The van der Waals surface area contributed by atoms with Crippen LogP contribution < -0.4 is 0 Å². The number of hydrogen-bond donors (Lipinski definition) is 0. The lowest BCUT2D eigenvalue weighted by molar-refractivity contribution is 1.19. The van der Waals surface area contributed by atoms with Gasteiger partial charge in [0.2, 0.25) is 0 Å². The molecule has 19 heavy (non-hydrogen) atoms. The van der Waals surface area contributed by atoms with Crippen molar-refractivity contribution >= 4 is 14.0 Å². The summed E-state index contributed by atoms with van der Waals surface area (Å²) in [5.41, 5.74) is 7.44. The minimum absolute atomic E-state index is 0.790. The Hall–Kier alpha value is -1.60. The van der Waals surface area contributed by atoms with Crippen LogP contribution in [-0.2, 0) is 6.42 Å². The van der Waals surface area contributed by atoms with Gasteiger partial charge in [-0.1, -0.05) is 72.4 Å². The molecule has 0 heterocycles. The standard InChI is InChI=1S/C18H20Si/c1-13-12-15-10-7-11-16(14-8-5-4-6-9-14)17(15)18(13)19(2)3/h4-11,19H,12H2,1-3H3. The largest absolute Gasteiger partial charge is 0.0694 e. The topological polar surface area (TPSA) is 0 Å². The van der Waals surface area contributed by atoms with Gasteiger partial charge in [-0.05, 0) is 35.6 Å². The zero-order valence-electron chi connectivity index (χ0n) is 11.9. The molecule has 0 nitrogen and oxygen atoms in total. The van der Waals surface area contributed by atoms with Gasteiger partial charge in [-0.3, -0.25) is 0 Å². The molecule has 0 unspecified atom stereocenters. The molecule has 2 aromatic rings. The molecular weight excluding hydrogens is 244 g/mol. The fraction of sp³-hybridized carbons (Fsp3) is 0.222. The molecular formula is C18H20Si. The van der Waals surface area contributed by atoms with Crippen LogP contribution in [-0.4, -0.2) is 8.80 Å². The highest BCUT2D eigenvalue weighted by molar-refractivity contribution is 6.77. The minimum Gasteiger partial charge on any atom is -0.0694 e. The fourth-order valence-corrected chi connectivity index (χ4v) is 5.31. The summed E-state index contributed by atoms with van der Waals surface area (Å²) in [5, 5.41) is 1.69. The molecule has 0 aromatic heterocycles. The predicted molar refractivity (Wildman–Crippen MR) is 87.1 cm³/mol. The lowest BCUT2D eigenvalue weighted by Gasteiger charge is -2.15. The summed E-state index contributed by atoms with van der Waals surface area (Å²) >= 11 is 0. The third kappa shape index (κ3) is 2.08. The summed E-state index contributed by atoms with van der Waals surface area (Å²) < 4.78 is 0. The molecule has 0 amide bonds. The summed E-state index contributed by atoms with van der Waals surface area (Å²) in [4.78, 5) is 0. The lowest BCUT2D eigenvalue weighted by Crippen LogP contribution is -2.05. The Morgan fingerprint density at radius 1 is 0.895 bits per heavy atom. The van der Waals surface area contributed by atoms with Crippen molar-refractivity contribution in [1.82, 2.24) is 0 Å². The first-order valence-electron chi connectivity index (χ1n) is 7.06. The molecule has 3 rings (SSSR count). The molecule has 0 aliphatic heterocycles. The number of benzene rings is 2. The molecule has 96 valence electrons. The van der Waals surface area contributed by atoms with Crippen molar-refractivity contribution in [3.63, 3.8) is 0 Å². The molecule has 1 aliphatic carbocycles. The molecule has 0 radical (unpaired) electrons. The Bertz CT molecular complexity index is 636. The monoisotopic (exact) mass is 264 g/mol. The smallest absolute Gasteiger partial charge is 0.0655 e. The van der Waals surface area contributed by atoms with Crippen LogP contribution in [0.1, 0.15) is 18.1 Å².